The van der Waals surface area contributed by atoms with Crippen LogP contribution in [0.3, 0.4) is 0 Å². The van der Waals surface area contributed by atoms with Crippen LogP contribution in [0.2, 0.25) is 5.02 Å². The lowest BCUT2D eigenvalue weighted by atomic mass is 10.1. The van der Waals surface area contributed by atoms with Crippen LogP contribution in [0.15, 0.2) is 85.1 Å². The van der Waals surface area contributed by atoms with E-state index in [1.165, 1.54) is 16.7 Å². The Balaban J connectivity index is 1.12. The number of hydrogen-bond donors (Lipinski definition) is 0. The van der Waals surface area contributed by atoms with E-state index in [-0.39, 0.29) is 5.91 Å². The number of carbonyl (C=O) groups excluding carboxylic acids is 1. The number of amides is 1. The van der Waals surface area contributed by atoms with Gasteiger partial charge in [0, 0.05) is 44.9 Å². The molecule has 0 atom stereocenters. The van der Waals surface area contributed by atoms with Gasteiger partial charge in [0.15, 0.2) is 5.75 Å². The highest BCUT2D eigenvalue weighted by Crippen LogP contribution is 2.34. The number of aromatic nitrogens is 1. The van der Waals surface area contributed by atoms with Crippen LogP contribution in [0.5, 0.6) is 17.4 Å². The standard InChI is InChI=1S/C35H36ClN3O3/c1-25-4-8-28(9-5-25)23-38-16-18-39(19-17-38)34(40)15-12-30-20-27(3)35(32(36)21-30)42-33-14-13-31(22-37-33)41-24-29-10-6-26(2)7-11-29/h4-15,20-22H,16-19,23-24H2,1-3H3/b15-12+. The van der Waals surface area contributed by atoms with Gasteiger partial charge in [0.1, 0.15) is 12.4 Å². The molecule has 6 nitrogen and oxygen atoms in total. The van der Waals surface area contributed by atoms with Crippen LogP contribution in [-0.4, -0.2) is 46.9 Å². The van der Waals surface area contributed by atoms with Crippen LogP contribution in [0.4, 0.5) is 0 Å². The molecule has 1 saturated heterocycles. The summed E-state index contributed by atoms with van der Waals surface area (Å²) in [4.78, 5) is 21.5. The minimum absolute atomic E-state index is 0.00738. The molecule has 0 saturated carbocycles. The normalized spacial score (nSPS) is 13.9. The fraction of sp³-hybridized carbons (Fsp3) is 0.257. The third kappa shape index (κ3) is 7.99. The van der Waals surface area contributed by atoms with E-state index in [0.717, 1.165) is 36.3 Å². The Morgan fingerprint density at radius 1 is 0.881 bits per heavy atom. The smallest absolute Gasteiger partial charge is 0.246 e. The Morgan fingerprint density at radius 3 is 2.17 bits per heavy atom. The van der Waals surface area contributed by atoms with Crippen LogP contribution in [0.25, 0.3) is 6.08 Å². The Hall–Kier alpha value is -4.13. The second-order valence-electron chi connectivity index (χ2n) is 10.8. The number of rotatable bonds is 9. The van der Waals surface area contributed by atoms with Gasteiger partial charge in [-0.05, 0) is 67.3 Å². The molecule has 4 aromatic rings. The first-order chi connectivity index (χ1) is 20.3. The maximum atomic E-state index is 12.9. The molecule has 2 heterocycles. The van der Waals surface area contributed by atoms with Gasteiger partial charge >= 0.3 is 0 Å². The molecule has 0 unspecified atom stereocenters. The lowest BCUT2D eigenvalue weighted by Crippen LogP contribution is -2.47. The number of pyridine rings is 1. The molecule has 0 radical (unpaired) electrons. The van der Waals surface area contributed by atoms with E-state index in [1.54, 1.807) is 24.4 Å². The maximum absolute atomic E-state index is 12.9. The van der Waals surface area contributed by atoms with Crippen molar-refractivity contribution in [2.45, 2.75) is 33.9 Å². The van der Waals surface area contributed by atoms with Crippen molar-refractivity contribution >= 4 is 23.6 Å². The van der Waals surface area contributed by atoms with E-state index in [0.29, 0.717) is 42.1 Å². The first-order valence-corrected chi connectivity index (χ1v) is 14.6. The molecule has 42 heavy (non-hydrogen) atoms. The summed E-state index contributed by atoms with van der Waals surface area (Å²) in [5.74, 6) is 1.62. The maximum Gasteiger partial charge on any atom is 0.246 e. The van der Waals surface area contributed by atoms with Gasteiger partial charge in [-0.3, -0.25) is 9.69 Å². The quantitative estimate of drug-likeness (QED) is 0.193. The van der Waals surface area contributed by atoms with E-state index < -0.39 is 0 Å². The van der Waals surface area contributed by atoms with Crippen LogP contribution in [0.1, 0.15) is 33.4 Å². The second-order valence-corrected chi connectivity index (χ2v) is 11.2. The van der Waals surface area contributed by atoms with Gasteiger partial charge in [0.05, 0.1) is 11.2 Å². The van der Waals surface area contributed by atoms with Gasteiger partial charge in [-0.2, -0.15) is 0 Å². The molecule has 216 valence electrons. The van der Waals surface area contributed by atoms with E-state index in [4.69, 9.17) is 21.1 Å². The van der Waals surface area contributed by atoms with E-state index in [2.05, 4.69) is 72.3 Å². The van der Waals surface area contributed by atoms with Gasteiger partial charge < -0.3 is 14.4 Å². The van der Waals surface area contributed by atoms with Crippen molar-refractivity contribution in [3.05, 3.63) is 123 Å². The largest absolute Gasteiger partial charge is 0.487 e. The molecule has 7 heteroatoms. The lowest BCUT2D eigenvalue weighted by molar-refractivity contribution is -0.127. The molecule has 5 rings (SSSR count). The molecular formula is C35H36ClN3O3. The molecule has 0 aliphatic carbocycles. The second kappa shape index (κ2) is 13.7. The molecule has 0 N–H and O–H groups in total. The van der Waals surface area contributed by atoms with Crippen molar-refractivity contribution in [1.82, 2.24) is 14.8 Å². The monoisotopic (exact) mass is 581 g/mol. The number of hydrogen-bond acceptors (Lipinski definition) is 5. The number of piperazine rings is 1. The summed E-state index contributed by atoms with van der Waals surface area (Å²) in [6.07, 6.45) is 5.07. The molecule has 1 aliphatic rings. The number of carbonyl (C=O) groups is 1. The Kier molecular flexibility index (Phi) is 9.57. The fourth-order valence-electron chi connectivity index (χ4n) is 4.80. The molecule has 0 bridgehead atoms. The zero-order valence-corrected chi connectivity index (χ0v) is 25.1. The topological polar surface area (TPSA) is 54.9 Å². The van der Waals surface area contributed by atoms with Crippen molar-refractivity contribution in [3.8, 4) is 17.4 Å². The van der Waals surface area contributed by atoms with Gasteiger partial charge in [0.25, 0.3) is 0 Å². The predicted molar refractivity (Wildman–Crippen MR) is 168 cm³/mol. The summed E-state index contributed by atoms with van der Waals surface area (Å²) < 4.78 is 11.8. The van der Waals surface area contributed by atoms with Crippen molar-refractivity contribution in [2.24, 2.45) is 0 Å². The third-order valence-corrected chi connectivity index (χ3v) is 7.60. The highest BCUT2D eigenvalue weighted by Gasteiger charge is 2.20. The molecular weight excluding hydrogens is 546 g/mol. The number of benzene rings is 3. The van der Waals surface area contributed by atoms with Crippen LogP contribution < -0.4 is 9.47 Å². The first-order valence-electron chi connectivity index (χ1n) is 14.2. The van der Waals surface area contributed by atoms with E-state index in [1.807, 2.05) is 30.0 Å². The highest BCUT2D eigenvalue weighted by molar-refractivity contribution is 6.32. The number of ether oxygens (including phenoxy) is 2. The van der Waals surface area contributed by atoms with Crippen molar-refractivity contribution in [2.75, 3.05) is 26.2 Å². The van der Waals surface area contributed by atoms with Gasteiger partial charge in [-0.15, -0.1) is 0 Å². The summed E-state index contributed by atoms with van der Waals surface area (Å²) in [6, 6.07) is 24.2. The molecule has 3 aromatic carbocycles. The lowest BCUT2D eigenvalue weighted by Gasteiger charge is -2.34. The van der Waals surface area contributed by atoms with Crippen LogP contribution in [0, 0.1) is 20.8 Å². The van der Waals surface area contributed by atoms with Gasteiger partial charge in [-0.25, -0.2) is 4.98 Å². The molecule has 1 aromatic heterocycles. The minimum Gasteiger partial charge on any atom is -0.487 e. The summed E-state index contributed by atoms with van der Waals surface area (Å²) >= 11 is 6.59. The highest BCUT2D eigenvalue weighted by atomic mass is 35.5. The van der Waals surface area contributed by atoms with E-state index >= 15 is 0 Å². The number of aryl methyl sites for hydroxylation is 3. The first kappa shape index (κ1) is 29.4. The molecule has 1 amide bonds. The van der Waals surface area contributed by atoms with Gasteiger partial charge in [-0.1, -0.05) is 71.3 Å². The molecule has 1 aliphatic heterocycles. The Bertz CT molecular complexity index is 1500. The average molecular weight is 582 g/mol. The van der Waals surface area contributed by atoms with Crippen LogP contribution >= 0.6 is 11.6 Å². The zero-order chi connectivity index (χ0) is 29.5. The molecule has 0 spiro atoms. The zero-order valence-electron chi connectivity index (χ0n) is 24.3. The SMILES string of the molecule is Cc1ccc(COc2ccc(Oc3c(C)cc(/C=C/C(=O)N4CCN(Cc5ccc(C)cc5)CC4)cc3Cl)nc2)cc1. The van der Waals surface area contributed by atoms with Crippen molar-refractivity contribution in [3.63, 3.8) is 0 Å². The summed E-state index contributed by atoms with van der Waals surface area (Å²) in [5.41, 5.74) is 6.56. The Labute approximate surface area is 253 Å². The fourth-order valence-corrected chi connectivity index (χ4v) is 5.12. The minimum atomic E-state index is 0.00738. The Morgan fingerprint density at radius 2 is 1.55 bits per heavy atom. The van der Waals surface area contributed by atoms with Gasteiger partial charge in [0.2, 0.25) is 11.8 Å². The third-order valence-electron chi connectivity index (χ3n) is 7.32. The van der Waals surface area contributed by atoms with E-state index in [9.17, 15) is 4.79 Å². The summed E-state index contributed by atoms with van der Waals surface area (Å²) in [6.45, 7) is 10.6. The predicted octanol–water partition coefficient (Wildman–Crippen LogP) is 7.39. The van der Waals surface area contributed by atoms with Crippen molar-refractivity contribution in [1.29, 1.82) is 0 Å². The number of halogens is 1. The summed E-state index contributed by atoms with van der Waals surface area (Å²) in [5, 5.41) is 0.452. The number of nitrogens with zero attached hydrogens (tertiary/aromatic N) is 3. The molecule has 1 fully saturated rings. The van der Waals surface area contributed by atoms with Crippen LogP contribution in [-0.2, 0) is 17.9 Å². The average Bonchev–Trinajstić information content (AvgIpc) is 2.99. The van der Waals surface area contributed by atoms with Crippen molar-refractivity contribution < 1.29 is 14.3 Å². The summed E-state index contributed by atoms with van der Waals surface area (Å²) in [7, 11) is 0.